The summed E-state index contributed by atoms with van der Waals surface area (Å²) in [6.07, 6.45) is 3.24. The van der Waals surface area contributed by atoms with Gasteiger partial charge in [-0.3, -0.25) is 4.79 Å². The van der Waals surface area contributed by atoms with Gasteiger partial charge in [0, 0.05) is 13.1 Å². The first-order valence-corrected chi connectivity index (χ1v) is 12.2. The first-order valence-electron chi connectivity index (χ1n) is 11.4. The molecule has 34 heavy (non-hydrogen) atoms. The van der Waals surface area contributed by atoms with E-state index in [1.54, 1.807) is 18.2 Å². The Morgan fingerprint density at radius 1 is 1.00 bits per heavy atom. The highest BCUT2D eigenvalue weighted by Gasteiger charge is 2.19. The number of ether oxygens (including phenoxy) is 2. The molecular formula is C26H32N2O5S. The van der Waals surface area contributed by atoms with Crippen molar-refractivity contribution in [1.82, 2.24) is 9.80 Å². The Morgan fingerprint density at radius 3 is 2.38 bits per heavy atom. The lowest BCUT2D eigenvalue weighted by Gasteiger charge is -2.18. The van der Waals surface area contributed by atoms with Crippen LogP contribution in [0.3, 0.4) is 0 Å². The summed E-state index contributed by atoms with van der Waals surface area (Å²) in [5, 5.41) is 0. The predicted molar refractivity (Wildman–Crippen MR) is 137 cm³/mol. The third-order valence-corrected chi connectivity index (χ3v) is 6.24. The van der Waals surface area contributed by atoms with Gasteiger partial charge in [-0.15, -0.1) is 0 Å². The maximum atomic E-state index is 13.2. The quantitative estimate of drug-likeness (QED) is 0.263. The molecule has 0 amide bonds. The van der Waals surface area contributed by atoms with Crippen molar-refractivity contribution >= 4 is 33.5 Å². The van der Waals surface area contributed by atoms with E-state index in [2.05, 4.69) is 23.6 Å². The van der Waals surface area contributed by atoms with E-state index in [0.29, 0.717) is 34.8 Å². The molecule has 0 radical (unpaired) electrons. The van der Waals surface area contributed by atoms with Gasteiger partial charge in [0.15, 0.2) is 11.4 Å². The van der Waals surface area contributed by atoms with Gasteiger partial charge >= 0.3 is 4.94 Å². The van der Waals surface area contributed by atoms with Crippen LogP contribution in [0.1, 0.15) is 29.8 Å². The topological polar surface area (TPSA) is 72.2 Å². The van der Waals surface area contributed by atoms with E-state index in [-0.39, 0.29) is 5.78 Å². The van der Waals surface area contributed by atoms with E-state index in [4.69, 9.17) is 13.9 Å². The van der Waals surface area contributed by atoms with Crippen LogP contribution in [0.25, 0.3) is 16.4 Å². The van der Waals surface area contributed by atoms with Crippen LogP contribution >= 0.6 is 11.3 Å². The molecule has 0 unspecified atom stereocenters. The molecule has 0 aliphatic rings. The van der Waals surface area contributed by atoms with Crippen LogP contribution in [0.5, 0.6) is 11.5 Å². The van der Waals surface area contributed by atoms with Crippen molar-refractivity contribution in [3.05, 3.63) is 63.3 Å². The number of rotatable bonds is 13. The van der Waals surface area contributed by atoms with Crippen molar-refractivity contribution in [3.63, 3.8) is 0 Å². The van der Waals surface area contributed by atoms with E-state index >= 15 is 0 Å². The minimum absolute atomic E-state index is 0.244. The Hall–Kier alpha value is -2.94. The number of hydrogen-bond acceptors (Lipinski definition) is 8. The third kappa shape index (κ3) is 7.03. The van der Waals surface area contributed by atoms with E-state index in [1.165, 1.54) is 6.08 Å². The number of carbonyl (C=O) groups is 1. The number of benzene rings is 2. The van der Waals surface area contributed by atoms with Gasteiger partial charge in [-0.25, -0.2) is 4.79 Å². The second kappa shape index (κ2) is 12.5. The second-order valence-electron chi connectivity index (χ2n) is 8.01. The van der Waals surface area contributed by atoms with Crippen LogP contribution in [-0.4, -0.2) is 69.1 Å². The highest BCUT2D eigenvalue weighted by Crippen LogP contribution is 2.31. The van der Waals surface area contributed by atoms with E-state index in [9.17, 15) is 9.59 Å². The van der Waals surface area contributed by atoms with Crippen LogP contribution in [0.15, 0.2) is 51.7 Å². The number of likely N-dealkylation sites (N-methyl/N-ethyl adjacent to an activating group) is 2. The summed E-state index contributed by atoms with van der Waals surface area (Å²) >= 11 is 0.916. The van der Waals surface area contributed by atoms with Gasteiger partial charge in [-0.1, -0.05) is 43.4 Å². The van der Waals surface area contributed by atoms with Crippen molar-refractivity contribution in [1.29, 1.82) is 0 Å². The van der Waals surface area contributed by atoms with Gasteiger partial charge < -0.3 is 23.7 Å². The molecular weight excluding hydrogens is 452 g/mol. The Bertz CT molecular complexity index is 1160. The number of fused-ring (bicyclic) bond motifs is 1. The van der Waals surface area contributed by atoms with Crippen molar-refractivity contribution in [2.24, 2.45) is 0 Å². The van der Waals surface area contributed by atoms with E-state index in [1.807, 2.05) is 38.4 Å². The summed E-state index contributed by atoms with van der Waals surface area (Å²) < 4.78 is 17.4. The summed E-state index contributed by atoms with van der Waals surface area (Å²) in [5.41, 5.74) is 1.61. The monoisotopic (exact) mass is 484 g/mol. The van der Waals surface area contributed by atoms with Crippen LogP contribution in [0.4, 0.5) is 0 Å². The molecule has 0 spiro atoms. The van der Waals surface area contributed by atoms with Gasteiger partial charge in [0.2, 0.25) is 0 Å². The van der Waals surface area contributed by atoms with Gasteiger partial charge in [0.1, 0.15) is 24.7 Å². The van der Waals surface area contributed by atoms with Crippen LogP contribution in [-0.2, 0) is 0 Å². The maximum Gasteiger partial charge on any atom is 0.396 e. The fourth-order valence-electron chi connectivity index (χ4n) is 3.38. The SMILES string of the molecule is CCN(CC)CCOc1ccc2oc(=O)sc2c1C(=O)/C=C/c1ccc(OCCN(C)C)cc1. The lowest BCUT2D eigenvalue weighted by molar-refractivity contribution is 0.104. The lowest BCUT2D eigenvalue weighted by atomic mass is 10.1. The molecule has 7 nitrogen and oxygen atoms in total. The maximum absolute atomic E-state index is 13.2. The zero-order valence-electron chi connectivity index (χ0n) is 20.2. The highest BCUT2D eigenvalue weighted by atomic mass is 32.1. The van der Waals surface area contributed by atoms with Crippen molar-refractivity contribution < 1.29 is 18.7 Å². The standard InChI is InChI=1S/C26H32N2O5S/c1-5-28(6-2)16-18-32-22-13-14-23-25(34-26(30)33-23)24(22)21(29)12-9-19-7-10-20(11-8-19)31-17-15-27(3)4/h7-14H,5-6,15-18H2,1-4H3/b12-9+. The molecule has 0 saturated carbocycles. The summed E-state index contributed by atoms with van der Waals surface area (Å²) in [4.78, 5) is 28.9. The third-order valence-electron chi connectivity index (χ3n) is 5.38. The zero-order valence-corrected chi connectivity index (χ0v) is 21.0. The molecule has 182 valence electrons. The zero-order chi connectivity index (χ0) is 24.5. The number of carbonyl (C=O) groups excluding carboxylic acids is 1. The van der Waals surface area contributed by atoms with Crippen molar-refractivity contribution in [2.45, 2.75) is 13.8 Å². The smallest absolute Gasteiger partial charge is 0.396 e. The van der Waals surface area contributed by atoms with Gasteiger partial charge in [0.05, 0.1) is 10.3 Å². The van der Waals surface area contributed by atoms with Gasteiger partial charge in [-0.05, 0) is 63.1 Å². The van der Waals surface area contributed by atoms with Crippen molar-refractivity contribution in [2.75, 3.05) is 53.5 Å². The fraction of sp³-hybridized carbons (Fsp3) is 0.385. The van der Waals surface area contributed by atoms with E-state index < -0.39 is 4.94 Å². The Balaban J connectivity index is 1.76. The molecule has 0 aliphatic heterocycles. The molecule has 0 bridgehead atoms. The van der Waals surface area contributed by atoms with E-state index in [0.717, 1.165) is 48.8 Å². The molecule has 0 N–H and O–H groups in total. The molecule has 0 fully saturated rings. The molecule has 3 rings (SSSR count). The molecule has 3 aromatic rings. The predicted octanol–water partition coefficient (Wildman–Crippen LogP) is 4.41. The summed E-state index contributed by atoms with van der Waals surface area (Å²) in [5.74, 6) is 0.991. The van der Waals surface area contributed by atoms with Gasteiger partial charge in [-0.2, -0.15) is 0 Å². The largest absolute Gasteiger partial charge is 0.492 e. The molecule has 1 aromatic heterocycles. The normalized spacial score (nSPS) is 11.7. The second-order valence-corrected chi connectivity index (χ2v) is 8.96. The first-order chi connectivity index (χ1) is 16.4. The highest BCUT2D eigenvalue weighted by molar-refractivity contribution is 7.16. The first kappa shape index (κ1) is 25.7. The average molecular weight is 485 g/mol. The lowest BCUT2D eigenvalue weighted by Crippen LogP contribution is -2.28. The van der Waals surface area contributed by atoms with Crippen LogP contribution in [0.2, 0.25) is 0 Å². The molecule has 2 aromatic carbocycles. The molecule has 8 heteroatoms. The number of ketones is 1. The van der Waals surface area contributed by atoms with Gasteiger partial charge in [0.25, 0.3) is 0 Å². The summed E-state index contributed by atoms with van der Waals surface area (Å²) in [6.45, 7) is 8.68. The summed E-state index contributed by atoms with van der Waals surface area (Å²) in [6, 6.07) is 10.9. The molecule has 1 heterocycles. The minimum Gasteiger partial charge on any atom is -0.492 e. The molecule has 0 aliphatic carbocycles. The Morgan fingerprint density at radius 2 is 1.71 bits per heavy atom. The molecule has 0 saturated heterocycles. The minimum atomic E-state index is -0.446. The number of nitrogens with zero attached hydrogens (tertiary/aromatic N) is 2. The summed E-state index contributed by atoms with van der Waals surface area (Å²) in [7, 11) is 4.00. The Kier molecular flexibility index (Phi) is 9.44. The Labute approximate surface area is 204 Å². The molecule has 0 atom stereocenters. The van der Waals surface area contributed by atoms with Crippen LogP contribution in [0, 0.1) is 0 Å². The van der Waals surface area contributed by atoms with Crippen LogP contribution < -0.4 is 14.4 Å². The average Bonchev–Trinajstić information content (AvgIpc) is 3.20. The van der Waals surface area contributed by atoms with Crippen molar-refractivity contribution in [3.8, 4) is 11.5 Å². The fourth-order valence-corrected chi connectivity index (χ4v) is 4.19. The number of hydrogen-bond donors (Lipinski definition) is 0. The number of allylic oxidation sites excluding steroid dienone is 1.